The zero-order chi connectivity index (χ0) is 13.2. The Labute approximate surface area is 116 Å². The Morgan fingerprint density at radius 1 is 1.47 bits per heavy atom. The summed E-state index contributed by atoms with van der Waals surface area (Å²) in [5, 5.41) is 6.88. The van der Waals surface area contributed by atoms with E-state index in [0.29, 0.717) is 11.5 Å². The number of rotatable bonds is 4. The van der Waals surface area contributed by atoms with Gasteiger partial charge in [0.1, 0.15) is 10.8 Å². The van der Waals surface area contributed by atoms with E-state index < -0.39 is 0 Å². The molecule has 98 valence electrons. The minimum Gasteiger partial charge on any atom is -0.389 e. The highest BCUT2D eigenvalue weighted by molar-refractivity contribution is 7.80. The van der Waals surface area contributed by atoms with E-state index in [1.54, 1.807) is 12.3 Å². The molecule has 0 aromatic carbocycles. The monoisotopic (exact) mass is 274 g/mol. The predicted molar refractivity (Wildman–Crippen MR) is 76.0 cm³/mol. The molecule has 0 saturated heterocycles. The van der Waals surface area contributed by atoms with Gasteiger partial charge in [0.05, 0.1) is 18.3 Å². The second kappa shape index (κ2) is 4.97. The maximum absolute atomic E-state index is 5.77. The normalized spacial score (nSPS) is 13.3. The first-order chi connectivity index (χ1) is 9.24. The van der Waals surface area contributed by atoms with Crippen LogP contribution in [0.3, 0.4) is 0 Å². The Morgan fingerprint density at radius 2 is 2.37 bits per heavy atom. The maximum atomic E-state index is 5.77. The zero-order valence-corrected chi connectivity index (χ0v) is 11.2. The Hall–Kier alpha value is -1.95. The Morgan fingerprint density at radius 3 is 3.11 bits per heavy atom. The molecular weight excluding hydrogens is 260 g/mol. The van der Waals surface area contributed by atoms with E-state index in [1.807, 2.05) is 0 Å². The van der Waals surface area contributed by atoms with Crippen molar-refractivity contribution >= 4 is 23.0 Å². The highest BCUT2D eigenvalue weighted by atomic mass is 32.1. The fraction of sp³-hybridized carbons (Fsp3) is 0.308. The fourth-order valence-corrected chi connectivity index (χ4v) is 2.45. The van der Waals surface area contributed by atoms with Crippen molar-refractivity contribution in [2.75, 3.05) is 5.32 Å². The Kier molecular flexibility index (Phi) is 3.16. The van der Waals surface area contributed by atoms with Gasteiger partial charge in [0, 0.05) is 11.8 Å². The van der Waals surface area contributed by atoms with Gasteiger partial charge >= 0.3 is 0 Å². The van der Waals surface area contributed by atoms with Crippen LogP contribution in [0.4, 0.5) is 5.82 Å². The fourth-order valence-electron chi connectivity index (χ4n) is 2.30. The molecule has 0 radical (unpaired) electrons. The molecule has 0 spiro atoms. The molecule has 0 bridgehead atoms. The van der Waals surface area contributed by atoms with Crippen LogP contribution in [-0.2, 0) is 19.4 Å². The van der Waals surface area contributed by atoms with E-state index in [4.69, 9.17) is 22.5 Å². The average Bonchev–Trinajstić information content (AvgIpc) is 3.05. The van der Waals surface area contributed by atoms with E-state index in [9.17, 15) is 0 Å². The topological polar surface area (TPSA) is 77.0 Å². The second-order valence-electron chi connectivity index (χ2n) is 4.54. The lowest BCUT2D eigenvalue weighted by molar-refractivity contribution is 0.388. The molecule has 6 heteroatoms. The van der Waals surface area contributed by atoms with Gasteiger partial charge in [-0.3, -0.25) is 0 Å². The van der Waals surface area contributed by atoms with Crippen LogP contribution < -0.4 is 11.1 Å². The number of aromatic nitrogens is 2. The summed E-state index contributed by atoms with van der Waals surface area (Å²) in [5.41, 5.74) is 8.97. The van der Waals surface area contributed by atoms with Crippen molar-refractivity contribution in [3.63, 3.8) is 0 Å². The van der Waals surface area contributed by atoms with Crippen LogP contribution in [0.1, 0.15) is 29.0 Å². The van der Waals surface area contributed by atoms with Crippen LogP contribution >= 0.6 is 12.2 Å². The summed E-state index contributed by atoms with van der Waals surface area (Å²) >= 11 is 5.10. The SMILES string of the molecule is NC(=S)c1cc2c(nc1NCc1ccno1)CCC2. The number of anilines is 1. The number of fused-ring (bicyclic) bond motifs is 1. The Balaban J connectivity index is 1.88. The van der Waals surface area contributed by atoms with Gasteiger partial charge in [0.2, 0.25) is 0 Å². The van der Waals surface area contributed by atoms with E-state index >= 15 is 0 Å². The molecule has 2 aromatic rings. The third-order valence-electron chi connectivity index (χ3n) is 3.24. The smallest absolute Gasteiger partial charge is 0.155 e. The van der Waals surface area contributed by atoms with Crippen molar-refractivity contribution in [1.82, 2.24) is 10.1 Å². The van der Waals surface area contributed by atoms with Gasteiger partial charge in [-0.2, -0.15) is 0 Å². The molecule has 0 aliphatic heterocycles. The number of nitrogens with zero attached hydrogens (tertiary/aromatic N) is 2. The first-order valence-corrected chi connectivity index (χ1v) is 6.61. The number of nitrogens with two attached hydrogens (primary N) is 1. The summed E-state index contributed by atoms with van der Waals surface area (Å²) in [6.45, 7) is 0.515. The molecule has 3 rings (SSSR count). The van der Waals surface area contributed by atoms with Crippen molar-refractivity contribution in [2.24, 2.45) is 5.73 Å². The van der Waals surface area contributed by atoms with Crippen LogP contribution in [0, 0.1) is 0 Å². The molecule has 0 saturated carbocycles. The quantitative estimate of drug-likeness (QED) is 0.828. The highest BCUT2D eigenvalue weighted by Crippen LogP contribution is 2.25. The van der Waals surface area contributed by atoms with E-state index in [2.05, 4.69) is 21.5 Å². The van der Waals surface area contributed by atoms with Crippen molar-refractivity contribution in [2.45, 2.75) is 25.8 Å². The lowest BCUT2D eigenvalue weighted by Gasteiger charge is -2.11. The number of nitrogens with one attached hydrogen (secondary N) is 1. The van der Waals surface area contributed by atoms with Gasteiger partial charge in [0.15, 0.2) is 5.76 Å². The zero-order valence-electron chi connectivity index (χ0n) is 10.3. The summed E-state index contributed by atoms with van der Waals surface area (Å²) in [7, 11) is 0. The molecule has 2 heterocycles. The van der Waals surface area contributed by atoms with Crippen LogP contribution in [0.2, 0.25) is 0 Å². The van der Waals surface area contributed by atoms with Crippen LogP contribution in [0.15, 0.2) is 22.9 Å². The molecule has 3 N–H and O–H groups in total. The highest BCUT2D eigenvalue weighted by Gasteiger charge is 2.17. The lowest BCUT2D eigenvalue weighted by Crippen LogP contribution is -2.15. The predicted octanol–water partition coefficient (Wildman–Crippen LogP) is 1.80. The molecular formula is C13H14N4OS. The summed E-state index contributed by atoms with van der Waals surface area (Å²) in [6, 6.07) is 3.86. The van der Waals surface area contributed by atoms with Crippen LogP contribution in [0.5, 0.6) is 0 Å². The van der Waals surface area contributed by atoms with Crippen molar-refractivity contribution in [1.29, 1.82) is 0 Å². The minimum atomic E-state index is 0.363. The summed E-state index contributed by atoms with van der Waals surface area (Å²) < 4.78 is 5.04. The molecule has 2 aromatic heterocycles. The minimum absolute atomic E-state index is 0.363. The van der Waals surface area contributed by atoms with Crippen LogP contribution in [-0.4, -0.2) is 15.1 Å². The Bertz CT molecular complexity index is 609. The molecule has 1 aliphatic carbocycles. The van der Waals surface area contributed by atoms with E-state index in [1.165, 1.54) is 5.56 Å². The lowest BCUT2D eigenvalue weighted by atomic mass is 10.1. The number of aryl methyl sites for hydroxylation is 2. The standard InChI is InChI=1S/C13H14N4OS/c14-12(19)10-6-8-2-1-3-11(8)17-13(10)15-7-9-4-5-16-18-9/h4-6H,1-3,7H2,(H2,14,19)(H,15,17). The van der Waals surface area contributed by atoms with Gasteiger partial charge in [0.25, 0.3) is 0 Å². The maximum Gasteiger partial charge on any atom is 0.155 e. The summed E-state index contributed by atoms with van der Waals surface area (Å²) in [5.74, 6) is 1.47. The molecule has 0 amide bonds. The molecule has 5 nitrogen and oxygen atoms in total. The van der Waals surface area contributed by atoms with Gasteiger partial charge in [-0.25, -0.2) is 4.98 Å². The molecule has 0 atom stereocenters. The molecule has 1 aliphatic rings. The van der Waals surface area contributed by atoms with Crippen molar-refractivity contribution in [3.8, 4) is 0 Å². The van der Waals surface area contributed by atoms with Crippen molar-refractivity contribution < 1.29 is 4.52 Å². The third-order valence-corrected chi connectivity index (χ3v) is 3.46. The largest absolute Gasteiger partial charge is 0.389 e. The second-order valence-corrected chi connectivity index (χ2v) is 4.98. The summed E-state index contributed by atoms with van der Waals surface area (Å²) in [6.07, 6.45) is 4.83. The molecule has 0 fully saturated rings. The van der Waals surface area contributed by atoms with E-state index in [0.717, 1.165) is 42.1 Å². The van der Waals surface area contributed by atoms with E-state index in [-0.39, 0.29) is 0 Å². The van der Waals surface area contributed by atoms with Gasteiger partial charge in [-0.15, -0.1) is 0 Å². The molecule has 0 unspecified atom stereocenters. The average molecular weight is 274 g/mol. The number of pyridine rings is 1. The first kappa shape index (κ1) is 12.1. The van der Waals surface area contributed by atoms with Crippen LogP contribution in [0.25, 0.3) is 0 Å². The number of hydrogen-bond donors (Lipinski definition) is 2. The van der Waals surface area contributed by atoms with Gasteiger partial charge in [-0.1, -0.05) is 17.4 Å². The molecule has 19 heavy (non-hydrogen) atoms. The van der Waals surface area contributed by atoms with Crippen molar-refractivity contribution in [3.05, 3.63) is 40.9 Å². The third kappa shape index (κ3) is 2.44. The van der Waals surface area contributed by atoms with Gasteiger partial charge in [-0.05, 0) is 30.9 Å². The number of hydrogen-bond acceptors (Lipinski definition) is 5. The summed E-state index contributed by atoms with van der Waals surface area (Å²) in [4.78, 5) is 5.00. The number of thiocarbonyl (C=S) groups is 1. The first-order valence-electron chi connectivity index (χ1n) is 6.20. The van der Waals surface area contributed by atoms with Gasteiger partial charge < -0.3 is 15.6 Å².